The number of carbonyl (C=O) groups is 1. The van der Waals surface area contributed by atoms with Gasteiger partial charge in [0.05, 0.1) is 12.1 Å². The van der Waals surface area contributed by atoms with E-state index in [-0.39, 0.29) is 19.0 Å². The summed E-state index contributed by atoms with van der Waals surface area (Å²) in [4.78, 5) is 13.2. The number of nitrogen functional groups attached to an aromatic ring is 1. The minimum absolute atomic E-state index is 0.110. The molecule has 0 aliphatic carbocycles. The highest BCUT2D eigenvalue weighted by Gasteiger charge is 2.17. The summed E-state index contributed by atoms with van der Waals surface area (Å²) < 4.78 is 0. The lowest BCUT2D eigenvalue weighted by Gasteiger charge is -2.17. The Morgan fingerprint density at radius 1 is 1.35 bits per heavy atom. The molecule has 5 nitrogen and oxygen atoms in total. The fourth-order valence-electron chi connectivity index (χ4n) is 1.43. The summed E-state index contributed by atoms with van der Waals surface area (Å²) in [5.41, 5.74) is 7.32. The maximum absolute atomic E-state index is 12.1. The smallest absolute Gasteiger partial charge is 0.255 e. The Bertz CT molecular complexity index is 494. The maximum atomic E-state index is 12.1. The van der Waals surface area contributed by atoms with E-state index in [4.69, 9.17) is 16.3 Å². The van der Waals surface area contributed by atoms with Crippen molar-refractivity contribution >= 4 is 11.6 Å². The summed E-state index contributed by atoms with van der Waals surface area (Å²) in [5, 5.41) is 17.2. The first kappa shape index (κ1) is 12.5. The van der Waals surface area contributed by atoms with Crippen LogP contribution in [0, 0.1) is 29.6 Å². The van der Waals surface area contributed by atoms with Crippen molar-refractivity contribution in [3.8, 4) is 12.1 Å². The van der Waals surface area contributed by atoms with Gasteiger partial charge in [-0.05, 0) is 24.6 Å². The minimum Gasteiger partial charge on any atom is -0.398 e. The average molecular weight is 228 g/mol. The molecule has 0 saturated carbocycles. The highest BCUT2D eigenvalue weighted by Crippen LogP contribution is 2.17. The van der Waals surface area contributed by atoms with Crippen LogP contribution in [0.4, 0.5) is 5.69 Å². The van der Waals surface area contributed by atoms with Crippen LogP contribution < -0.4 is 5.73 Å². The maximum Gasteiger partial charge on any atom is 0.255 e. The summed E-state index contributed by atoms with van der Waals surface area (Å²) in [6, 6.07) is 8.73. The average Bonchev–Trinajstić information content (AvgIpc) is 2.31. The summed E-state index contributed by atoms with van der Waals surface area (Å²) >= 11 is 0. The van der Waals surface area contributed by atoms with E-state index in [0.29, 0.717) is 16.8 Å². The van der Waals surface area contributed by atoms with Crippen LogP contribution in [0.5, 0.6) is 0 Å². The molecule has 1 aromatic carbocycles. The Balaban J connectivity index is 3.07. The molecule has 1 amide bonds. The van der Waals surface area contributed by atoms with Gasteiger partial charge in [-0.15, -0.1) is 0 Å². The zero-order chi connectivity index (χ0) is 12.8. The van der Waals surface area contributed by atoms with Gasteiger partial charge in [-0.1, -0.05) is 6.07 Å². The van der Waals surface area contributed by atoms with Crippen molar-refractivity contribution < 1.29 is 4.79 Å². The highest BCUT2D eigenvalue weighted by molar-refractivity contribution is 5.97. The molecule has 0 unspecified atom stereocenters. The predicted molar refractivity (Wildman–Crippen MR) is 62.7 cm³/mol. The van der Waals surface area contributed by atoms with E-state index in [9.17, 15) is 4.79 Å². The first-order valence-electron chi connectivity index (χ1n) is 5.00. The molecule has 0 saturated heterocycles. The number of anilines is 1. The van der Waals surface area contributed by atoms with Gasteiger partial charge in [0.1, 0.15) is 13.1 Å². The summed E-state index contributed by atoms with van der Waals surface area (Å²) in [7, 11) is 0. The molecule has 1 rings (SSSR count). The molecule has 0 aliphatic heterocycles. The second-order valence-electron chi connectivity index (χ2n) is 3.50. The molecule has 86 valence electrons. The second-order valence-corrected chi connectivity index (χ2v) is 3.50. The van der Waals surface area contributed by atoms with Gasteiger partial charge >= 0.3 is 0 Å². The molecule has 0 spiro atoms. The van der Waals surface area contributed by atoms with Crippen molar-refractivity contribution in [2.45, 2.75) is 6.92 Å². The van der Waals surface area contributed by atoms with Crippen LogP contribution >= 0.6 is 0 Å². The van der Waals surface area contributed by atoms with Crippen LogP contribution in [0.2, 0.25) is 0 Å². The lowest BCUT2D eigenvalue weighted by atomic mass is 10.1. The number of nitriles is 2. The summed E-state index contributed by atoms with van der Waals surface area (Å²) in [6.07, 6.45) is 0. The predicted octanol–water partition coefficient (Wildman–Crippen LogP) is 1.07. The number of amides is 1. The van der Waals surface area contributed by atoms with Gasteiger partial charge in [-0.2, -0.15) is 10.5 Å². The lowest BCUT2D eigenvalue weighted by Crippen LogP contribution is -2.32. The van der Waals surface area contributed by atoms with Crippen molar-refractivity contribution in [3.63, 3.8) is 0 Å². The van der Waals surface area contributed by atoms with Crippen LogP contribution in [0.25, 0.3) is 0 Å². The van der Waals surface area contributed by atoms with Gasteiger partial charge in [-0.3, -0.25) is 4.79 Å². The van der Waals surface area contributed by atoms with E-state index in [2.05, 4.69) is 0 Å². The van der Waals surface area contributed by atoms with Crippen LogP contribution in [0.15, 0.2) is 18.2 Å². The Labute approximate surface area is 99.7 Å². The molecule has 5 heteroatoms. The van der Waals surface area contributed by atoms with E-state index in [0.717, 1.165) is 0 Å². The molecule has 17 heavy (non-hydrogen) atoms. The second kappa shape index (κ2) is 5.53. The summed E-state index contributed by atoms with van der Waals surface area (Å²) in [5.74, 6) is -0.349. The quantitative estimate of drug-likeness (QED) is 0.618. The minimum atomic E-state index is -0.349. The third kappa shape index (κ3) is 2.73. The molecule has 0 aromatic heterocycles. The SMILES string of the molecule is Cc1c(N)cccc1C(=O)N(CC#N)CC#N. The van der Waals surface area contributed by atoms with Crippen molar-refractivity contribution in [2.75, 3.05) is 18.8 Å². The number of hydrogen-bond donors (Lipinski definition) is 1. The topological polar surface area (TPSA) is 93.9 Å². The van der Waals surface area contributed by atoms with E-state index in [1.165, 1.54) is 4.90 Å². The third-order valence-electron chi connectivity index (χ3n) is 2.42. The third-order valence-corrected chi connectivity index (χ3v) is 2.42. The molecule has 2 N–H and O–H groups in total. The van der Waals surface area contributed by atoms with Gasteiger partial charge in [0, 0.05) is 11.3 Å². The van der Waals surface area contributed by atoms with Gasteiger partial charge < -0.3 is 10.6 Å². The fourth-order valence-corrected chi connectivity index (χ4v) is 1.43. The van der Waals surface area contributed by atoms with Crippen LogP contribution in [0.3, 0.4) is 0 Å². The number of nitrogens with zero attached hydrogens (tertiary/aromatic N) is 3. The van der Waals surface area contributed by atoms with Crippen LogP contribution in [-0.4, -0.2) is 23.9 Å². The normalized spacial score (nSPS) is 9.12. The number of benzene rings is 1. The van der Waals surface area contributed by atoms with Crippen molar-refractivity contribution in [2.24, 2.45) is 0 Å². The molecule has 0 radical (unpaired) electrons. The molecule has 1 aromatic rings. The molecular weight excluding hydrogens is 216 g/mol. The Kier molecular flexibility index (Phi) is 4.08. The van der Waals surface area contributed by atoms with Gasteiger partial charge in [-0.25, -0.2) is 0 Å². The number of carbonyl (C=O) groups excluding carboxylic acids is 1. The van der Waals surface area contributed by atoms with Crippen molar-refractivity contribution in [1.29, 1.82) is 10.5 Å². The zero-order valence-electron chi connectivity index (χ0n) is 9.47. The van der Waals surface area contributed by atoms with Gasteiger partial charge in [0.25, 0.3) is 5.91 Å². The van der Waals surface area contributed by atoms with Gasteiger partial charge in [0.2, 0.25) is 0 Å². The lowest BCUT2D eigenvalue weighted by molar-refractivity contribution is 0.0794. The molecule has 0 fully saturated rings. The highest BCUT2D eigenvalue weighted by atomic mass is 16.2. The van der Waals surface area contributed by atoms with E-state index >= 15 is 0 Å². The first-order valence-corrected chi connectivity index (χ1v) is 5.00. The zero-order valence-corrected chi connectivity index (χ0v) is 9.47. The largest absolute Gasteiger partial charge is 0.398 e. The standard InChI is InChI=1S/C12H12N4O/c1-9-10(3-2-4-11(9)15)12(17)16(7-5-13)8-6-14/h2-4H,7-8,15H2,1H3. The van der Waals surface area contributed by atoms with Crippen LogP contribution in [0.1, 0.15) is 15.9 Å². The molecule has 0 atom stereocenters. The molecule has 0 heterocycles. The fraction of sp³-hybridized carbons (Fsp3) is 0.250. The number of hydrogen-bond acceptors (Lipinski definition) is 4. The first-order chi connectivity index (χ1) is 8.11. The Hall–Kier alpha value is -2.53. The van der Waals surface area contributed by atoms with E-state index in [1.807, 2.05) is 12.1 Å². The molecule has 0 aliphatic rings. The van der Waals surface area contributed by atoms with Gasteiger partial charge in [0.15, 0.2) is 0 Å². The number of nitrogens with two attached hydrogens (primary N) is 1. The molecule has 0 bridgehead atoms. The number of rotatable bonds is 3. The van der Waals surface area contributed by atoms with Crippen LogP contribution in [-0.2, 0) is 0 Å². The van der Waals surface area contributed by atoms with E-state index in [1.54, 1.807) is 25.1 Å². The Morgan fingerprint density at radius 2 is 1.94 bits per heavy atom. The van der Waals surface area contributed by atoms with Crippen molar-refractivity contribution in [1.82, 2.24) is 4.90 Å². The Morgan fingerprint density at radius 3 is 2.47 bits per heavy atom. The van der Waals surface area contributed by atoms with Crippen molar-refractivity contribution in [3.05, 3.63) is 29.3 Å². The van der Waals surface area contributed by atoms with E-state index < -0.39 is 0 Å². The monoisotopic (exact) mass is 228 g/mol. The molecular formula is C12H12N4O. The summed E-state index contributed by atoms with van der Waals surface area (Å²) in [6.45, 7) is 1.51.